The zero-order chi connectivity index (χ0) is 7.98. The van der Waals surface area contributed by atoms with Gasteiger partial charge in [-0.1, -0.05) is 0 Å². The summed E-state index contributed by atoms with van der Waals surface area (Å²) in [6.45, 7) is 6.16. The second kappa shape index (κ2) is 3.99. The largest absolute Gasteiger partial charge is 0.251 e. The maximum atomic E-state index is 8.28. The van der Waals surface area contributed by atoms with E-state index in [-0.39, 0.29) is 11.4 Å². The molecule has 48 valence electrons. The van der Waals surface area contributed by atoms with Gasteiger partial charge in [-0.2, -0.15) is 10.5 Å². The Balaban J connectivity index is 4.98. The van der Waals surface area contributed by atoms with Crippen molar-refractivity contribution >= 4 is 13.4 Å². The van der Waals surface area contributed by atoms with Crippen LogP contribution in [0.25, 0.3) is 0 Å². The minimum absolute atomic E-state index is 0.0995. The summed E-state index contributed by atoms with van der Waals surface area (Å²) in [4.78, 5) is 6.52. The average molecular weight is 132 g/mol. The SMILES string of the molecule is C=NC(C#N)=C(C#N)N=C. The third-order valence-electron chi connectivity index (χ3n) is 0.752. The van der Waals surface area contributed by atoms with E-state index in [1.165, 1.54) is 0 Å². The van der Waals surface area contributed by atoms with Gasteiger partial charge in [0.15, 0.2) is 11.4 Å². The Labute approximate surface area is 58.5 Å². The first kappa shape index (κ1) is 8.06. The Morgan fingerprint density at radius 2 is 1.30 bits per heavy atom. The van der Waals surface area contributed by atoms with E-state index < -0.39 is 0 Å². The number of nitriles is 2. The second-order valence-electron chi connectivity index (χ2n) is 1.24. The van der Waals surface area contributed by atoms with Crippen molar-refractivity contribution in [2.75, 3.05) is 0 Å². The fourth-order valence-corrected chi connectivity index (χ4v) is 0.326. The number of hydrogen-bond donors (Lipinski definition) is 0. The van der Waals surface area contributed by atoms with Gasteiger partial charge in [-0.25, -0.2) is 0 Å². The molecule has 10 heavy (non-hydrogen) atoms. The lowest BCUT2D eigenvalue weighted by Crippen LogP contribution is -1.79. The van der Waals surface area contributed by atoms with Crippen LogP contribution in [0.1, 0.15) is 0 Å². The Morgan fingerprint density at radius 1 is 1.00 bits per heavy atom. The maximum absolute atomic E-state index is 8.28. The van der Waals surface area contributed by atoms with Gasteiger partial charge >= 0.3 is 0 Å². The van der Waals surface area contributed by atoms with Crippen molar-refractivity contribution in [1.29, 1.82) is 10.5 Å². The van der Waals surface area contributed by atoms with E-state index >= 15 is 0 Å². The highest BCUT2D eigenvalue weighted by Gasteiger charge is 1.98. The van der Waals surface area contributed by atoms with Crippen LogP contribution < -0.4 is 0 Å². The molecule has 4 nitrogen and oxygen atoms in total. The summed E-state index contributed by atoms with van der Waals surface area (Å²) < 4.78 is 0. The fraction of sp³-hybridized carbons (Fsp3) is 0. The molecule has 0 amide bonds. The van der Waals surface area contributed by atoms with Gasteiger partial charge in [0, 0.05) is 0 Å². The first-order valence-corrected chi connectivity index (χ1v) is 2.28. The van der Waals surface area contributed by atoms with Gasteiger partial charge in [-0.15, -0.1) is 0 Å². The number of hydrogen-bond acceptors (Lipinski definition) is 4. The van der Waals surface area contributed by atoms with Gasteiger partial charge in [-0.3, -0.25) is 9.98 Å². The molecule has 0 N–H and O–H groups in total. The third kappa shape index (κ3) is 1.53. The molecule has 0 radical (unpaired) electrons. The average Bonchev–Trinajstić information content (AvgIpc) is 2.00. The predicted octanol–water partition coefficient (Wildman–Crippen LogP) is 0.646. The monoisotopic (exact) mass is 132 g/mol. The summed E-state index contributed by atoms with van der Waals surface area (Å²) in [5.74, 6) is 0. The maximum Gasteiger partial charge on any atom is 0.176 e. The van der Waals surface area contributed by atoms with Gasteiger partial charge in [-0.05, 0) is 13.4 Å². The first-order valence-electron chi connectivity index (χ1n) is 2.28. The fourth-order valence-electron chi connectivity index (χ4n) is 0.326. The third-order valence-corrected chi connectivity index (χ3v) is 0.752. The van der Waals surface area contributed by atoms with E-state index in [1.807, 2.05) is 0 Å². The van der Waals surface area contributed by atoms with E-state index in [2.05, 4.69) is 23.4 Å². The molecule has 0 bridgehead atoms. The van der Waals surface area contributed by atoms with E-state index in [1.54, 1.807) is 12.1 Å². The normalized spacial score (nSPS) is 10.2. The van der Waals surface area contributed by atoms with Crippen LogP contribution in [-0.4, -0.2) is 13.4 Å². The molecule has 0 fully saturated rings. The quantitative estimate of drug-likeness (QED) is 0.408. The van der Waals surface area contributed by atoms with Crippen LogP contribution >= 0.6 is 0 Å². The molecule has 0 aromatic heterocycles. The van der Waals surface area contributed by atoms with E-state index in [0.29, 0.717) is 0 Å². The van der Waals surface area contributed by atoms with Crippen LogP contribution in [0.5, 0.6) is 0 Å². The molecule has 0 unspecified atom stereocenters. The zero-order valence-corrected chi connectivity index (χ0v) is 5.20. The van der Waals surface area contributed by atoms with Crippen LogP contribution in [0.2, 0.25) is 0 Å². The van der Waals surface area contributed by atoms with Crippen LogP contribution in [0, 0.1) is 22.7 Å². The van der Waals surface area contributed by atoms with Crippen LogP contribution in [0.15, 0.2) is 21.4 Å². The summed E-state index contributed by atoms with van der Waals surface area (Å²) in [6.07, 6.45) is 0. The molecule has 4 heteroatoms. The predicted molar refractivity (Wildman–Crippen MR) is 37.4 cm³/mol. The lowest BCUT2D eigenvalue weighted by atomic mass is 10.4. The smallest absolute Gasteiger partial charge is 0.176 e. The van der Waals surface area contributed by atoms with E-state index in [4.69, 9.17) is 10.5 Å². The minimum Gasteiger partial charge on any atom is -0.251 e. The Morgan fingerprint density at radius 3 is 1.40 bits per heavy atom. The molecule has 0 aliphatic heterocycles. The topological polar surface area (TPSA) is 72.3 Å². The van der Waals surface area contributed by atoms with Crippen molar-refractivity contribution in [2.45, 2.75) is 0 Å². The molecule has 0 spiro atoms. The Kier molecular flexibility index (Phi) is 3.22. The molecule has 0 rings (SSSR count). The lowest BCUT2D eigenvalue weighted by Gasteiger charge is -1.85. The molecule has 0 aromatic carbocycles. The lowest BCUT2D eigenvalue weighted by molar-refractivity contribution is 1.28. The van der Waals surface area contributed by atoms with Crippen molar-refractivity contribution in [3.63, 3.8) is 0 Å². The first-order chi connectivity index (χ1) is 4.79. The van der Waals surface area contributed by atoms with Crippen molar-refractivity contribution in [3.05, 3.63) is 11.4 Å². The Bertz CT molecular complexity index is 232. The zero-order valence-electron chi connectivity index (χ0n) is 5.20. The second-order valence-corrected chi connectivity index (χ2v) is 1.24. The number of nitrogens with zero attached hydrogens (tertiary/aromatic N) is 4. The molecule has 0 aromatic rings. The number of aliphatic imine (C=N–C) groups is 2. The summed E-state index contributed by atoms with van der Waals surface area (Å²) in [7, 11) is 0. The summed E-state index contributed by atoms with van der Waals surface area (Å²) in [5, 5.41) is 16.6. The Hall–Kier alpha value is -1.94. The summed E-state index contributed by atoms with van der Waals surface area (Å²) in [6, 6.07) is 3.30. The highest BCUT2D eigenvalue weighted by atomic mass is 14.8. The van der Waals surface area contributed by atoms with E-state index in [0.717, 1.165) is 0 Å². The molecular weight excluding hydrogens is 128 g/mol. The molecule has 0 saturated heterocycles. The van der Waals surface area contributed by atoms with Gasteiger partial charge in [0.1, 0.15) is 12.1 Å². The molecule has 0 saturated carbocycles. The van der Waals surface area contributed by atoms with Gasteiger partial charge < -0.3 is 0 Å². The number of allylic oxidation sites excluding steroid dienone is 2. The highest BCUT2D eigenvalue weighted by molar-refractivity contribution is 5.45. The van der Waals surface area contributed by atoms with E-state index in [9.17, 15) is 0 Å². The molecule has 0 aliphatic carbocycles. The summed E-state index contributed by atoms with van der Waals surface area (Å²) >= 11 is 0. The minimum atomic E-state index is -0.0995. The van der Waals surface area contributed by atoms with Gasteiger partial charge in [0.25, 0.3) is 0 Å². The van der Waals surface area contributed by atoms with Crippen LogP contribution in [-0.2, 0) is 0 Å². The van der Waals surface area contributed by atoms with Gasteiger partial charge in [0.2, 0.25) is 0 Å². The van der Waals surface area contributed by atoms with Crippen molar-refractivity contribution < 1.29 is 0 Å². The van der Waals surface area contributed by atoms with Crippen LogP contribution in [0.4, 0.5) is 0 Å². The van der Waals surface area contributed by atoms with Crippen molar-refractivity contribution in [2.24, 2.45) is 9.98 Å². The standard InChI is InChI=1S/C6H4N4/c1-9-5(3-7)6(4-8)10-2/h1-2H2. The number of rotatable bonds is 2. The molecule has 0 aliphatic rings. The molecule has 0 atom stereocenters. The summed E-state index contributed by atoms with van der Waals surface area (Å²) in [5.41, 5.74) is -0.199. The van der Waals surface area contributed by atoms with Crippen LogP contribution in [0.3, 0.4) is 0 Å². The highest BCUT2D eigenvalue weighted by Crippen LogP contribution is 2.02. The van der Waals surface area contributed by atoms with Crippen molar-refractivity contribution in [3.8, 4) is 12.1 Å². The molecule has 0 heterocycles. The van der Waals surface area contributed by atoms with Gasteiger partial charge in [0.05, 0.1) is 0 Å². The van der Waals surface area contributed by atoms with Crippen molar-refractivity contribution in [1.82, 2.24) is 0 Å². The molecular formula is C6H4N4.